The Hall–Kier alpha value is -2.83. The first-order valence-electron chi connectivity index (χ1n) is 8.70. The van der Waals surface area contributed by atoms with Crippen LogP contribution in [0.15, 0.2) is 75.2 Å². The average molecular weight is 410 g/mol. The molecule has 28 heavy (non-hydrogen) atoms. The lowest BCUT2D eigenvalue weighted by Gasteiger charge is -2.11. The van der Waals surface area contributed by atoms with Crippen molar-refractivity contribution in [1.29, 1.82) is 0 Å². The zero-order chi connectivity index (χ0) is 19.5. The van der Waals surface area contributed by atoms with Crippen LogP contribution in [0.5, 0.6) is 0 Å². The minimum absolute atomic E-state index is 0.0918. The molecule has 1 aliphatic heterocycles. The fourth-order valence-corrected chi connectivity index (χ4v) is 4.04. The summed E-state index contributed by atoms with van der Waals surface area (Å²) in [5.41, 5.74) is 1.52. The van der Waals surface area contributed by atoms with E-state index in [1.807, 2.05) is 55.5 Å². The van der Waals surface area contributed by atoms with Gasteiger partial charge in [0.05, 0.1) is 21.8 Å². The molecule has 7 heteroatoms. The average Bonchev–Trinajstić information content (AvgIpc) is 3.28. The molecular formula is C21H16ClN3O2S. The molecule has 3 aromatic rings. The molecule has 0 aliphatic carbocycles. The summed E-state index contributed by atoms with van der Waals surface area (Å²) in [6.07, 6.45) is 5.09. The molecule has 5 nitrogen and oxygen atoms in total. The highest BCUT2D eigenvalue weighted by Crippen LogP contribution is 2.35. The van der Waals surface area contributed by atoms with Crippen LogP contribution in [-0.2, 0) is 4.79 Å². The Morgan fingerprint density at radius 1 is 1.21 bits per heavy atom. The number of benzene rings is 1. The van der Waals surface area contributed by atoms with Gasteiger partial charge in [-0.15, -0.1) is 0 Å². The van der Waals surface area contributed by atoms with Crippen LogP contribution in [-0.4, -0.2) is 27.5 Å². The standard InChI is InChI=1S/C21H16ClN3O2S/c1-2-25-20(26)19(28-21(25)24-14-6-5-11-23-13-14)12-15-9-10-18(27-15)16-7-3-4-8-17(16)22/h3-13H,2H2,1H3/b19-12+,24-21?. The van der Waals surface area contributed by atoms with E-state index in [1.165, 1.54) is 11.8 Å². The largest absolute Gasteiger partial charge is 0.457 e. The summed E-state index contributed by atoms with van der Waals surface area (Å²) in [6.45, 7) is 2.45. The van der Waals surface area contributed by atoms with Crippen LogP contribution in [0.1, 0.15) is 12.7 Å². The number of rotatable bonds is 4. The number of hydrogen-bond donors (Lipinski definition) is 0. The second kappa shape index (κ2) is 8.04. The fourth-order valence-electron chi connectivity index (χ4n) is 2.77. The van der Waals surface area contributed by atoms with Crippen molar-refractivity contribution in [3.8, 4) is 11.3 Å². The first-order valence-corrected chi connectivity index (χ1v) is 9.90. The lowest BCUT2D eigenvalue weighted by Crippen LogP contribution is -2.28. The van der Waals surface area contributed by atoms with Crippen molar-refractivity contribution in [2.24, 2.45) is 4.99 Å². The van der Waals surface area contributed by atoms with Gasteiger partial charge in [-0.05, 0) is 55.1 Å². The Kier molecular flexibility index (Phi) is 5.32. The lowest BCUT2D eigenvalue weighted by atomic mass is 10.2. The number of hydrogen-bond acceptors (Lipinski definition) is 5. The van der Waals surface area contributed by atoms with E-state index in [0.29, 0.717) is 38.8 Å². The fraction of sp³-hybridized carbons (Fsp3) is 0.0952. The van der Waals surface area contributed by atoms with E-state index in [9.17, 15) is 4.79 Å². The normalized spacial score (nSPS) is 17.1. The Morgan fingerprint density at radius 2 is 2.07 bits per heavy atom. The van der Waals surface area contributed by atoms with Crippen LogP contribution in [0.2, 0.25) is 5.02 Å². The first-order chi connectivity index (χ1) is 13.7. The van der Waals surface area contributed by atoms with Gasteiger partial charge in [-0.3, -0.25) is 14.7 Å². The number of aliphatic imine (C=N–C) groups is 1. The van der Waals surface area contributed by atoms with Crippen LogP contribution >= 0.6 is 23.4 Å². The maximum atomic E-state index is 12.8. The van der Waals surface area contributed by atoms with Gasteiger partial charge in [0.15, 0.2) is 5.17 Å². The number of carbonyl (C=O) groups is 1. The highest BCUT2D eigenvalue weighted by atomic mass is 35.5. The zero-order valence-electron chi connectivity index (χ0n) is 15.0. The number of likely N-dealkylation sites (N-methyl/N-ethyl adjacent to an activating group) is 1. The van der Waals surface area contributed by atoms with Crippen molar-refractivity contribution in [1.82, 2.24) is 9.88 Å². The van der Waals surface area contributed by atoms with Crippen molar-refractivity contribution in [3.63, 3.8) is 0 Å². The van der Waals surface area contributed by atoms with Crippen molar-refractivity contribution in [2.45, 2.75) is 6.92 Å². The van der Waals surface area contributed by atoms with Crippen molar-refractivity contribution in [3.05, 3.63) is 76.6 Å². The van der Waals surface area contributed by atoms with Gasteiger partial charge in [-0.1, -0.05) is 23.7 Å². The molecule has 0 saturated carbocycles. The smallest absolute Gasteiger partial charge is 0.266 e. The Bertz CT molecular complexity index is 1080. The van der Waals surface area contributed by atoms with Crippen molar-refractivity contribution >= 4 is 46.2 Å². The quantitative estimate of drug-likeness (QED) is 0.525. The third-order valence-corrected chi connectivity index (χ3v) is 5.45. The summed E-state index contributed by atoms with van der Waals surface area (Å²) in [5, 5.41) is 1.25. The van der Waals surface area contributed by atoms with Crippen LogP contribution in [0.3, 0.4) is 0 Å². The molecule has 1 aliphatic rings. The molecule has 0 bridgehead atoms. The molecule has 1 amide bonds. The van der Waals surface area contributed by atoms with Gasteiger partial charge in [0.1, 0.15) is 11.5 Å². The second-order valence-corrected chi connectivity index (χ2v) is 7.36. The Labute approximate surface area is 171 Å². The van der Waals surface area contributed by atoms with Gasteiger partial charge in [-0.25, -0.2) is 4.99 Å². The predicted octanol–water partition coefficient (Wildman–Crippen LogP) is 5.62. The number of pyridine rings is 1. The molecule has 0 atom stereocenters. The van der Waals surface area contributed by atoms with Gasteiger partial charge >= 0.3 is 0 Å². The monoisotopic (exact) mass is 409 g/mol. The van der Waals surface area contributed by atoms with Crippen molar-refractivity contribution in [2.75, 3.05) is 6.54 Å². The Balaban J connectivity index is 1.63. The maximum Gasteiger partial charge on any atom is 0.266 e. The molecule has 2 aromatic heterocycles. The maximum absolute atomic E-state index is 12.8. The summed E-state index contributed by atoms with van der Waals surface area (Å²) in [4.78, 5) is 23.6. The van der Waals surface area contributed by atoms with Crippen LogP contribution in [0, 0.1) is 0 Å². The van der Waals surface area contributed by atoms with E-state index in [2.05, 4.69) is 9.98 Å². The van der Waals surface area contributed by atoms with Gasteiger partial charge in [0.25, 0.3) is 5.91 Å². The number of furan rings is 1. The molecule has 0 N–H and O–H groups in total. The number of halogens is 1. The number of carbonyl (C=O) groups excluding carboxylic acids is 1. The SMILES string of the molecule is CCN1C(=O)/C(=C\c2ccc(-c3ccccc3Cl)o2)SC1=Nc1cccnc1. The van der Waals surface area contributed by atoms with Gasteiger partial charge < -0.3 is 4.42 Å². The van der Waals surface area contributed by atoms with E-state index in [4.69, 9.17) is 16.0 Å². The molecule has 0 unspecified atom stereocenters. The molecule has 1 saturated heterocycles. The summed E-state index contributed by atoms with van der Waals surface area (Å²) in [7, 11) is 0. The molecule has 0 spiro atoms. The van der Waals surface area contributed by atoms with E-state index < -0.39 is 0 Å². The molecule has 1 fully saturated rings. The molecule has 1 aromatic carbocycles. The van der Waals surface area contributed by atoms with Gasteiger partial charge in [-0.2, -0.15) is 0 Å². The minimum atomic E-state index is -0.0918. The molecule has 0 radical (unpaired) electrons. The Morgan fingerprint density at radius 3 is 2.82 bits per heavy atom. The molecule has 3 heterocycles. The van der Waals surface area contributed by atoms with E-state index in [0.717, 1.165) is 5.56 Å². The highest BCUT2D eigenvalue weighted by molar-refractivity contribution is 8.18. The molecule has 4 rings (SSSR count). The first kappa shape index (κ1) is 18.5. The molecule has 140 valence electrons. The molecular weight excluding hydrogens is 394 g/mol. The predicted molar refractivity (Wildman–Crippen MR) is 113 cm³/mol. The van der Waals surface area contributed by atoms with Crippen LogP contribution in [0.25, 0.3) is 17.4 Å². The highest BCUT2D eigenvalue weighted by Gasteiger charge is 2.32. The summed E-state index contributed by atoms with van der Waals surface area (Å²) in [5.74, 6) is 1.15. The minimum Gasteiger partial charge on any atom is -0.457 e. The number of thioether (sulfide) groups is 1. The van der Waals surface area contributed by atoms with Crippen molar-refractivity contribution < 1.29 is 9.21 Å². The summed E-state index contributed by atoms with van der Waals surface area (Å²) >= 11 is 7.56. The number of aromatic nitrogens is 1. The van der Waals surface area contributed by atoms with Crippen LogP contribution in [0.4, 0.5) is 5.69 Å². The van der Waals surface area contributed by atoms with E-state index in [1.54, 1.807) is 23.4 Å². The van der Waals surface area contributed by atoms with Crippen LogP contribution < -0.4 is 0 Å². The van der Waals surface area contributed by atoms with E-state index >= 15 is 0 Å². The van der Waals surface area contributed by atoms with E-state index in [-0.39, 0.29) is 5.91 Å². The third kappa shape index (κ3) is 3.74. The topological polar surface area (TPSA) is 58.7 Å². The summed E-state index contributed by atoms with van der Waals surface area (Å²) in [6, 6.07) is 14.8. The second-order valence-electron chi connectivity index (χ2n) is 5.95. The number of amidine groups is 1. The zero-order valence-corrected chi connectivity index (χ0v) is 16.6. The lowest BCUT2D eigenvalue weighted by molar-refractivity contribution is -0.122. The summed E-state index contributed by atoms with van der Waals surface area (Å²) < 4.78 is 5.89. The number of nitrogens with zero attached hydrogens (tertiary/aromatic N) is 3. The van der Waals surface area contributed by atoms with Gasteiger partial charge in [0, 0.05) is 24.4 Å². The third-order valence-electron chi connectivity index (χ3n) is 4.11. The van der Waals surface area contributed by atoms with Gasteiger partial charge in [0.2, 0.25) is 0 Å². The number of amides is 1.